The molecule has 1 N–H and O–H groups in total. The number of hydrogen-bond acceptors (Lipinski definition) is 4. The minimum atomic E-state index is -0.199. The van der Waals surface area contributed by atoms with Crippen molar-refractivity contribution in [1.29, 1.82) is 0 Å². The van der Waals surface area contributed by atoms with E-state index in [1.54, 1.807) is 16.9 Å². The first kappa shape index (κ1) is 19.6. The number of fused-ring (bicyclic) bond motifs is 1. The van der Waals surface area contributed by atoms with Crippen LogP contribution in [0.15, 0.2) is 66.7 Å². The molecule has 30 heavy (non-hydrogen) atoms. The number of benzene rings is 3. The zero-order valence-electron chi connectivity index (χ0n) is 17.3. The number of aryl methyl sites for hydroxylation is 1. The zero-order chi connectivity index (χ0) is 21.1. The van der Waals surface area contributed by atoms with Gasteiger partial charge in [0.1, 0.15) is 16.8 Å². The van der Waals surface area contributed by atoms with Crippen molar-refractivity contribution in [3.8, 4) is 11.4 Å². The minimum Gasteiger partial charge on any atom is -0.491 e. The van der Waals surface area contributed by atoms with Crippen molar-refractivity contribution in [2.75, 3.05) is 5.32 Å². The Morgan fingerprint density at radius 2 is 1.80 bits per heavy atom. The van der Waals surface area contributed by atoms with Crippen LogP contribution in [0, 0.1) is 6.92 Å². The molecule has 1 aromatic heterocycles. The van der Waals surface area contributed by atoms with E-state index in [2.05, 4.69) is 22.4 Å². The van der Waals surface area contributed by atoms with Crippen molar-refractivity contribution in [2.45, 2.75) is 33.3 Å². The second-order valence-electron chi connectivity index (χ2n) is 7.35. The standard InChI is InChI=1S/C24H24N4O2/c1-4-17(3)30-21-7-5-6-18(14-21)24(29)25-19-10-13-22-23(15-19)27-28(26-22)20-11-8-16(2)9-12-20/h5-15,17H,4H2,1-3H3,(H,25,29)/t17-/m1/s1. The topological polar surface area (TPSA) is 69.0 Å². The third-order valence-electron chi connectivity index (χ3n) is 4.91. The molecule has 0 radical (unpaired) electrons. The van der Waals surface area contributed by atoms with E-state index in [0.29, 0.717) is 22.5 Å². The molecule has 0 saturated carbocycles. The minimum absolute atomic E-state index is 0.0989. The maximum atomic E-state index is 12.7. The fourth-order valence-corrected chi connectivity index (χ4v) is 3.02. The van der Waals surface area contributed by atoms with Crippen LogP contribution in [0.5, 0.6) is 5.75 Å². The Balaban J connectivity index is 1.53. The molecule has 0 aliphatic carbocycles. The lowest BCUT2D eigenvalue weighted by Gasteiger charge is -2.13. The van der Waals surface area contributed by atoms with Crippen LogP contribution in [0.3, 0.4) is 0 Å². The number of nitrogens with one attached hydrogen (secondary N) is 1. The highest BCUT2D eigenvalue weighted by Crippen LogP contribution is 2.20. The van der Waals surface area contributed by atoms with Gasteiger partial charge in [0.15, 0.2) is 0 Å². The smallest absolute Gasteiger partial charge is 0.255 e. The van der Waals surface area contributed by atoms with Gasteiger partial charge in [-0.05, 0) is 68.8 Å². The highest BCUT2D eigenvalue weighted by molar-refractivity contribution is 6.05. The number of aromatic nitrogens is 3. The van der Waals surface area contributed by atoms with Crippen molar-refractivity contribution < 1.29 is 9.53 Å². The number of carbonyl (C=O) groups is 1. The number of anilines is 1. The van der Waals surface area contributed by atoms with Crippen molar-refractivity contribution in [2.24, 2.45) is 0 Å². The quantitative estimate of drug-likeness (QED) is 0.485. The van der Waals surface area contributed by atoms with E-state index in [1.807, 2.05) is 68.4 Å². The van der Waals surface area contributed by atoms with E-state index in [0.717, 1.165) is 17.6 Å². The number of hydrogen-bond donors (Lipinski definition) is 1. The molecule has 1 atom stereocenters. The van der Waals surface area contributed by atoms with Crippen LogP contribution in [0.2, 0.25) is 0 Å². The summed E-state index contributed by atoms with van der Waals surface area (Å²) >= 11 is 0. The molecule has 0 saturated heterocycles. The van der Waals surface area contributed by atoms with Crippen LogP contribution in [0.1, 0.15) is 36.2 Å². The first-order valence-electron chi connectivity index (χ1n) is 10.0. The molecule has 6 heteroatoms. The Bertz CT molecular complexity index is 1180. The van der Waals surface area contributed by atoms with E-state index in [-0.39, 0.29) is 12.0 Å². The SMILES string of the molecule is CC[C@@H](C)Oc1cccc(C(=O)Nc2ccc3nn(-c4ccc(C)cc4)nc3c2)c1. The van der Waals surface area contributed by atoms with Gasteiger partial charge in [-0.3, -0.25) is 4.79 Å². The second-order valence-corrected chi connectivity index (χ2v) is 7.35. The molecule has 0 aliphatic rings. The first-order chi connectivity index (χ1) is 14.5. The van der Waals surface area contributed by atoms with E-state index in [1.165, 1.54) is 5.56 Å². The Morgan fingerprint density at radius 3 is 2.57 bits per heavy atom. The second kappa shape index (κ2) is 8.37. The molecule has 0 aliphatic heterocycles. The summed E-state index contributed by atoms with van der Waals surface area (Å²) < 4.78 is 5.81. The molecular weight excluding hydrogens is 376 g/mol. The van der Waals surface area contributed by atoms with E-state index >= 15 is 0 Å². The number of rotatable bonds is 6. The molecular formula is C24H24N4O2. The predicted octanol–water partition coefficient (Wildman–Crippen LogP) is 5.16. The van der Waals surface area contributed by atoms with Gasteiger partial charge in [-0.1, -0.05) is 30.7 Å². The maximum Gasteiger partial charge on any atom is 0.255 e. The maximum absolute atomic E-state index is 12.7. The third-order valence-corrected chi connectivity index (χ3v) is 4.91. The molecule has 6 nitrogen and oxygen atoms in total. The van der Waals surface area contributed by atoms with Crippen LogP contribution in [-0.4, -0.2) is 27.0 Å². The summed E-state index contributed by atoms with van der Waals surface area (Å²) in [7, 11) is 0. The zero-order valence-corrected chi connectivity index (χ0v) is 17.3. The Hall–Kier alpha value is -3.67. The molecule has 0 fully saturated rings. The summed E-state index contributed by atoms with van der Waals surface area (Å²) in [6.45, 7) is 6.11. The van der Waals surface area contributed by atoms with Gasteiger partial charge in [-0.15, -0.1) is 10.2 Å². The predicted molar refractivity (Wildman–Crippen MR) is 118 cm³/mol. The van der Waals surface area contributed by atoms with Gasteiger partial charge in [0.2, 0.25) is 0 Å². The largest absolute Gasteiger partial charge is 0.491 e. The van der Waals surface area contributed by atoms with Crippen LogP contribution in [-0.2, 0) is 0 Å². The van der Waals surface area contributed by atoms with E-state index in [9.17, 15) is 4.79 Å². The molecule has 4 rings (SSSR count). The number of ether oxygens (including phenoxy) is 1. The Labute approximate surface area is 175 Å². The normalized spacial score (nSPS) is 12.0. The lowest BCUT2D eigenvalue weighted by molar-refractivity contribution is 0.102. The highest BCUT2D eigenvalue weighted by Gasteiger charge is 2.11. The Morgan fingerprint density at radius 1 is 1.03 bits per heavy atom. The summed E-state index contributed by atoms with van der Waals surface area (Å²) in [6.07, 6.45) is 1.00. The monoisotopic (exact) mass is 400 g/mol. The molecule has 3 aromatic carbocycles. The van der Waals surface area contributed by atoms with Gasteiger partial charge in [-0.25, -0.2) is 0 Å². The number of nitrogens with zero attached hydrogens (tertiary/aromatic N) is 3. The van der Waals surface area contributed by atoms with Crippen LogP contribution >= 0.6 is 0 Å². The summed E-state index contributed by atoms with van der Waals surface area (Å²) in [5.41, 5.74) is 4.75. The van der Waals surface area contributed by atoms with Gasteiger partial charge in [0.25, 0.3) is 5.91 Å². The number of carbonyl (C=O) groups excluding carboxylic acids is 1. The van der Waals surface area contributed by atoms with Crippen molar-refractivity contribution in [3.63, 3.8) is 0 Å². The molecule has 1 heterocycles. The van der Waals surface area contributed by atoms with Gasteiger partial charge < -0.3 is 10.1 Å². The van der Waals surface area contributed by atoms with Gasteiger partial charge in [0.05, 0.1) is 11.8 Å². The summed E-state index contributed by atoms with van der Waals surface area (Å²) in [5, 5.41) is 12.0. The number of amides is 1. The highest BCUT2D eigenvalue weighted by atomic mass is 16.5. The molecule has 0 bridgehead atoms. The molecule has 0 spiro atoms. The molecule has 152 valence electrons. The first-order valence-corrected chi connectivity index (χ1v) is 10.0. The average molecular weight is 400 g/mol. The van der Waals surface area contributed by atoms with Crippen molar-refractivity contribution >= 4 is 22.6 Å². The van der Waals surface area contributed by atoms with E-state index in [4.69, 9.17) is 4.74 Å². The van der Waals surface area contributed by atoms with E-state index < -0.39 is 0 Å². The molecule has 4 aromatic rings. The van der Waals surface area contributed by atoms with Crippen molar-refractivity contribution in [1.82, 2.24) is 15.0 Å². The molecule has 1 amide bonds. The summed E-state index contributed by atoms with van der Waals surface area (Å²) in [5.74, 6) is 0.489. The fraction of sp³-hybridized carbons (Fsp3) is 0.208. The van der Waals surface area contributed by atoms with Gasteiger partial charge in [0, 0.05) is 11.3 Å². The third kappa shape index (κ3) is 4.33. The van der Waals surface area contributed by atoms with Crippen LogP contribution in [0.4, 0.5) is 5.69 Å². The van der Waals surface area contributed by atoms with Crippen molar-refractivity contribution in [3.05, 3.63) is 77.9 Å². The van der Waals surface area contributed by atoms with Crippen LogP contribution in [0.25, 0.3) is 16.7 Å². The molecule has 0 unspecified atom stereocenters. The summed E-state index contributed by atoms with van der Waals surface area (Å²) in [6, 6.07) is 20.7. The average Bonchev–Trinajstić information content (AvgIpc) is 3.17. The fourth-order valence-electron chi connectivity index (χ4n) is 3.02. The lowest BCUT2D eigenvalue weighted by Crippen LogP contribution is -2.13. The Kier molecular flexibility index (Phi) is 5.48. The lowest BCUT2D eigenvalue weighted by atomic mass is 10.2. The van der Waals surface area contributed by atoms with Crippen LogP contribution < -0.4 is 10.1 Å². The summed E-state index contributed by atoms with van der Waals surface area (Å²) in [4.78, 5) is 14.3. The van der Waals surface area contributed by atoms with Gasteiger partial charge in [-0.2, -0.15) is 4.80 Å². The van der Waals surface area contributed by atoms with Gasteiger partial charge >= 0.3 is 0 Å².